The van der Waals surface area contributed by atoms with E-state index in [1.165, 1.54) is 7.11 Å². The zero-order chi connectivity index (χ0) is 10.8. The molecule has 0 atom stereocenters. The molecule has 1 aliphatic carbocycles. The fourth-order valence-corrected chi connectivity index (χ4v) is 1.14. The van der Waals surface area contributed by atoms with E-state index in [4.69, 9.17) is 9.84 Å². The highest BCUT2D eigenvalue weighted by Gasteiger charge is 2.42. The van der Waals surface area contributed by atoms with E-state index < -0.39 is 5.60 Å². The summed E-state index contributed by atoms with van der Waals surface area (Å²) in [7, 11) is 1.51. The van der Waals surface area contributed by atoms with Crippen molar-refractivity contribution in [2.45, 2.75) is 32.3 Å². The monoisotopic (exact) mass is 201 g/mol. The number of carbonyl (C=O) groups is 1. The summed E-state index contributed by atoms with van der Waals surface area (Å²) in [5.74, 6) is -0.125. The maximum Gasteiger partial charge on any atom is 0.251 e. The maximum absolute atomic E-state index is 11.6. The van der Waals surface area contributed by atoms with Gasteiger partial charge in [0, 0.05) is 19.1 Å². The predicted molar refractivity (Wildman–Crippen MR) is 52.9 cm³/mol. The Morgan fingerprint density at radius 3 is 2.50 bits per heavy atom. The first kappa shape index (κ1) is 11.5. The molecule has 0 heterocycles. The van der Waals surface area contributed by atoms with Crippen LogP contribution in [0.15, 0.2) is 0 Å². The largest absolute Gasteiger partial charge is 0.396 e. The number of aliphatic hydroxyl groups excluding tert-OH is 1. The summed E-state index contributed by atoms with van der Waals surface area (Å²) in [4.78, 5) is 11.6. The lowest BCUT2D eigenvalue weighted by Gasteiger charge is -2.23. The van der Waals surface area contributed by atoms with Crippen LogP contribution in [0.4, 0.5) is 0 Å². The molecule has 1 saturated carbocycles. The summed E-state index contributed by atoms with van der Waals surface area (Å²) in [5.41, 5.74) is -0.828. The first-order valence-electron chi connectivity index (χ1n) is 4.90. The second kappa shape index (κ2) is 3.87. The third-order valence-electron chi connectivity index (χ3n) is 2.97. The van der Waals surface area contributed by atoms with Crippen molar-refractivity contribution in [2.24, 2.45) is 5.41 Å². The van der Waals surface area contributed by atoms with E-state index in [1.54, 1.807) is 13.8 Å². The molecule has 0 aromatic rings. The molecular weight excluding hydrogens is 182 g/mol. The van der Waals surface area contributed by atoms with Crippen LogP contribution in [0.2, 0.25) is 0 Å². The lowest BCUT2D eigenvalue weighted by molar-refractivity contribution is -0.139. The molecule has 0 radical (unpaired) electrons. The lowest BCUT2D eigenvalue weighted by atomic mass is 10.1. The van der Waals surface area contributed by atoms with Crippen LogP contribution in [0.25, 0.3) is 0 Å². The summed E-state index contributed by atoms with van der Waals surface area (Å²) in [6, 6.07) is 0. The fraction of sp³-hybridized carbons (Fsp3) is 0.900. The van der Waals surface area contributed by atoms with Crippen molar-refractivity contribution >= 4 is 5.91 Å². The second-order valence-corrected chi connectivity index (χ2v) is 4.56. The highest BCUT2D eigenvalue weighted by atomic mass is 16.5. The van der Waals surface area contributed by atoms with E-state index in [-0.39, 0.29) is 17.9 Å². The van der Waals surface area contributed by atoms with Crippen molar-refractivity contribution in [1.82, 2.24) is 5.32 Å². The third-order valence-corrected chi connectivity index (χ3v) is 2.97. The maximum atomic E-state index is 11.6. The Hall–Kier alpha value is -0.610. The number of carbonyl (C=O) groups excluding carboxylic acids is 1. The zero-order valence-electron chi connectivity index (χ0n) is 9.09. The summed E-state index contributed by atoms with van der Waals surface area (Å²) in [5, 5.41) is 11.9. The van der Waals surface area contributed by atoms with Crippen molar-refractivity contribution in [3.8, 4) is 0 Å². The molecular formula is C10H19NO3. The molecule has 1 amide bonds. The minimum absolute atomic E-state index is 0.0422. The van der Waals surface area contributed by atoms with Crippen LogP contribution in [-0.2, 0) is 9.53 Å². The quantitative estimate of drug-likeness (QED) is 0.672. The molecule has 1 rings (SSSR count). The summed E-state index contributed by atoms with van der Waals surface area (Å²) >= 11 is 0. The van der Waals surface area contributed by atoms with Crippen molar-refractivity contribution in [1.29, 1.82) is 0 Å². The first-order valence-corrected chi connectivity index (χ1v) is 4.90. The molecule has 1 aliphatic rings. The molecule has 82 valence electrons. The average Bonchev–Trinajstić information content (AvgIpc) is 2.95. The van der Waals surface area contributed by atoms with E-state index in [1.807, 2.05) is 0 Å². The molecule has 0 aromatic heterocycles. The SMILES string of the molecule is COC(C)(C)C(=O)NCC1(CO)CC1. The number of nitrogens with one attached hydrogen (secondary N) is 1. The van der Waals surface area contributed by atoms with Crippen LogP contribution in [0, 0.1) is 5.41 Å². The van der Waals surface area contributed by atoms with Gasteiger partial charge in [0.1, 0.15) is 5.60 Å². The van der Waals surface area contributed by atoms with Crippen molar-refractivity contribution in [3.05, 3.63) is 0 Å². The van der Waals surface area contributed by atoms with Gasteiger partial charge in [-0.15, -0.1) is 0 Å². The number of amides is 1. The van der Waals surface area contributed by atoms with Crippen LogP contribution in [-0.4, -0.2) is 36.9 Å². The lowest BCUT2D eigenvalue weighted by Crippen LogP contribution is -2.45. The number of rotatable bonds is 5. The van der Waals surface area contributed by atoms with Gasteiger partial charge in [0.05, 0.1) is 6.61 Å². The van der Waals surface area contributed by atoms with Gasteiger partial charge in [-0.2, -0.15) is 0 Å². The molecule has 14 heavy (non-hydrogen) atoms. The minimum atomic E-state index is -0.786. The molecule has 2 N–H and O–H groups in total. The molecule has 0 spiro atoms. The third kappa shape index (κ3) is 2.45. The van der Waals surface area contributed by atoms with E-state index in [0.717, 1.165) is 12.8 Å². The van der Waals surface area contributed by atoms with Gasteiger partial charge in [0.2, 0.25) is 0 Å². The molecule has 0 saturated heterocycles. The van der Waals surface area contributed by atoms with E-state index in [0.29, 0.717) is 6.54 Å². The molecule has 0 unspecified atom stereocenters. The number of methoxy groups -OCH3 is 1. The van der Waals surface area contributed by atoms with E-state index >= 15 is 0 Å². The summed E-state index contributed by atoms with van der Waals surface area (Å²) < 4.78 is 5.04. The molecule has 0 aromatic carbocycles. The molecule has 0 aliphatic heterocycles. The van der Waals surface area contributed by atoms with Gasteiger partial charge in [0.25, 0.3) is 5.91 Å². The van der Waals surface area contributed by atoms with Gasteiger partial charge in [0.15, 0.2) is 0 Å². The zero-order valence-corrected chi connectivity index (χ0v) is 9.09. The number of ether oxygens (including phenoxy) is 1. The Balaban J connectivity index is 2.35. The standard InChI is InChI=1S/C10H19NO3/c1-9(2,14-3)8(13)11-6-10(7-12)4-5-10/h12H,4-7H2,1-3H3,(H,11,13). The molecule has 1 fully saturated rings. The minimum Gasteiger partial charge on any atom is -0.396 e. The molecule has 0 bridgehead atoms. The smallest absolute Gasteiger partial charge is 0.251 e. The highest BCUT2D eigenvalue weighted by molar-refractivity contribution is 5.84. The van der Waals surface area contributed by atoms with Crippen LogP contribution >= 0.6 is 0 Å². The van der Waals surface area contributed by atoms with Crippen LogP contribution < -0.4 is 5.32 Å². The highest BCUT2D eigenvalue weighted by Crippen LogP contribution is 2.44. The Labute approximate surface area is 84.6 Å². The van der Waals surface area contributed by atoms with Crippen molar-refractivity contribution in [3.63, 3.8) is 0 Å². The van der Waals surface area contributed by atoms with Gasteiger partial charge in [-0.25, -0.2) is 0 Å². The number of hydrogen-bond donors (Lipinski definition) is 2. The van der Waals surface area contributed by atoms with Crippen LogP contribution in [0.5, 0.6) is 0 Å². The molecule has 4 nitrogen and oxygen atoms in total. The normalized spacial score (nSPS) is 19.1. The first-order chi connectivity index (χ1) is 6.46. The molecule has 4 heteroatoms. The Bertz CT molecular complexity index is 221. The van der Waals surface area contributed by atoms with Gasteiger partial charge < -0.3 is 15.2 Å². The van der Waals surface area contributed by atoms with E-state index in [9.17, 15) is 4.79 Å². The predicted octanol–water partition coefficient (Wildman–Crippen LogP) is 0.300. The number of aliphatic hydroxyl groups is 1. The van der Waals surface area contributed by atoms with Gasteiger partial charge in [-0.3, -0.25) is 4.79 Å². The Morgan fingerprint density at radius 2 is 2.14 bits per heavy atom. The summed E-state index contributed by atoms with van der Waals surface area (Å²) in [6.45, 7) is 4.15. The second-order valence-electron chi connectivity index (χ2n) is 4.56. The van der Waals surface area contributed by atoms with Gasteiger partial charge in [-0.05, 0) is 26.7 Å². The van der Waals surface area contributed by atoms with Crippen molar-refractivity contribution in [2.75, 3.05) is 20.3 Å². The summed E-state index contributed by atoms with van der Waals surface area (Å²) in [6.07, 6.45) is 1.99. The van der Waals surface area contributed by atoms with Crippen LogP contribution in [0.3, 0.4) is 0 Å². The Morgan fingerprint density at radius 1 is 1.57 bits per heavy atom. The topological polar surface area (TPSA) is 58.6 Å². The van der Waals surface area contributed by atoms with E-state index in [2.05, 4.69) is 5.32 Å². The fourth-order valence-electron chi connectivity index (χ4n) is 1.14. The Kier molecular flexibility index (Phi) is 3.17. The van der Waals surface area contributed by atoms with Gasteiger partial charge >= 0.3 is 0 Å². The van der Waals surface area contributed by atoms with Crippen molar-refractivity contribution < 1.29 is 14.6 Å². The average molecular weight is 201 g/mol. The number of hydrogen-bond acceptors (Lipinski definition) is 3. The van der Waals surface area contributed by atoms with Gasteiger partial charge in [-0.1, -0.05) is 0 Å². The van der Waals surface area contributed by atoms with Crippen LogP contribution in [0.1, 0.15) is 26.7 Å².